The molecular weight excluding hydrogens is 356 g/mol. The minimum absolute atomic E-state index is 0.0895. The molecule has 0 radical (unpaired) electrons. The van der Waals surface area contributed by atoms with Gasteiger partial charge in [0.2, 0.25) is 5.91 Å². The van der Waals surface area contributed by atoms with E-state index in [1.165, 1.54) is 4.90 Å². The summed E-state index contributed by atoms with van der Waals surface area (Å²) in [5.41, 5.74) is 1.38. The van der Waals surface area contributed by atoms with E-state index in [1.54, 1.807) is 14.0 Å². The van der Waals surface area contributed by atoms with Crippen molar-refractivity contribution in [2.24, 2.45) is 0 Å². The van der Waals surface area contributed by atoms with Crippen molar-refractivity contribution in [3.63, 3.8) is 0 Å². The summed E-state index contributed by atoms with van der Waals surface area (Å²) >= 11 is 4.36. The van der Waals surface area contributed by atoms with E-state index in [4.69, 9.17) is 0 Å². The molecule has 0 unspecified atom stereocenters. The highest BCUT2D eigenvalue weighted by Gasteiger charge is 2.23. The summed E-state index contributed by atoms with van der Waals surface area (Å²) < 4.78 is 4.96. The predicted octanol–water partition coefficient (Wildman–Crippen LogP) is 3.12. The Morgan fingerprint density at radius 1 is 1.33 bits per heavy atom. The zero-order valence-corrected chi connectivity index (χ0v) is 13.9. The smallest absolute Gasteiger partial charge is 0.340 e. The van der Waals surface area contributed by atoms with Crippen LogP contribution in [0.3, 0.4) is 0 Å². The summed E-state index contributed by atoms with van der Waals surface area (Å²) in [4.78, 5) is 24.9. The third-order valence-electron chi connectivity index (χ3n) is 3.01. The first-order chi connectivity index (χ1) is 9.90. The number of hydrogen-bond donors (Lipinski definition) is 1. The van der Waals surface area contributed by atoms with Crippen LogP contribution in [0, 0.1) is 6.92 Å². The van der Waals surface area contributed by atoms with Gasteiger partial charge in [0, 0.05) is 11.5 Å². The number of carbonyl (C=O) groups is 2. The van der Waals surface area contributed by atoms with E-state index in [-0.39, 0.29) is 17.9 Å². The van der Waals surface area contributed by atoms with Gasteiger partial charge in [0.15, 0.2) is 0 Å². The summed E-state index contributed by atoms with van der Waals surface area (Å²) in [5, 5.41) is 9.57. The number of carboxylic acid groups (broad SMARTS) is 1. The summed E-state index contributed by atoms with van der Waals surface area (Å²) in [6, 6.07) is 7.43. The van der Waals surface area contributed by atoms with Gasteiger partial charge in [0.25, 0.3) is 0 Å². The number of aryl methyl sites for hydroxylation is 1. The standard InChI is InChI=1S/C14H13BrN2O3S/c1-8-12(14(19)20)13(21-16-8)17(2)11(18)7-9-3-5-10(15)6-4-9/h3-6H,7H2,1-2H3,(H,19,20). The van der Waals surface area contributed by atoms with E-state index in [9.17, 15) is 14.7 Å². The summed E-state index contributed by atoms with van der Waals surface area (Å²) in [5.74, 6) is -1.25. The molecule has 110 valence electrons. The number of nitrogens with zero attached hydrogens (tertiary/aromatic N) is 2. The zero-order valence-electron chi connectivity index (χ0n) is 11.5. The van der Waals surface area contributed by atoms with Crippen LogP contribution in [0.2, 0.25) is 0 Å². The molecule has 0 aliphatic heterocycles. The highest BCUT2D eigenvalue weighted by Crippen LogP contribution is 2.28. The molecule has 1 aromatic heterocycles. The molecule has 2 aromatic rings. The van der Waals surface area contributed by atoms with Gasteiger partial charge in [-0.25, -0.2) is 4.79 Å². The largest absolute Gasteiger partial charge is 0.478 e. The Balaban J connectivity index is 2.20. The molecule has 0 spiro atoms. The Morgan fingerprint density at radius 2 is 1.95 bits per heavy atom. The molecule has 1 amide bonds. The maximum absolute atomic E-state index is 12.3. The normalized spacial score (nSPS) is 10.4. The minimum Gasteiger partial charge on any atom is -0.478 e. The molecule has 1 aromatic carbocycles. The van der Waals surface area contributed by atoms with Crippen LogP contribution in [0.5, 0.6) is 0 Å². The van der Waals surface area contributed by atoms with E-state index in [2.05, 4.69) is 20.3 Å². The van der Waals surface area contributed by atoms with Gasteiger partial charge in [-0.1, -0.05) is 28.1 Å². The van der Waals surface area contributed by atoms with Crippen molar-refractivity contribution in [2.75, 3.05) is 11.9 Å². The molecule has 0 aliphatic rings. The average Bonchev–Trinajstić information content (AvgIpc) is 2.82. The summed E-state index contributed by atoms with van der Waals surface area (Å²) in [6.07, 6.45) is 0.208. The Morgan fingerprint density at radius 3 is 2.52 bits per heavy atom. The molecule has 0 fully saturated rings. The number of aromatic carboxylic acids is 1. The number of hydrogen-bond acceptors (Lipinski definition) is 4. The van der Waals surface area contributed by atoms with Crippen molar-refractivity contribution in [1.29, 1.82) is 0 Å². The van der Waals surface area contributed by atoms with Gasteiger partial charge in [-0.3, -0.25) is 4.79 Å². The number of rotatable bonds is 4. The first kappa shape index (κ1) is 15.7. The molecule has 21 heavy (non-hydrogen) atoms. The van der Waals surface area contributed by atoms with Crippen LogP contribution in [0.25, 0.3) is 0 Å². The van der Waals surface area contributed by atoms with Crippen molar-refractivity contribution >= 4 is 44.3 Å². The third-order valence-corrected chi connectivity index (χ3v) is 4.55. The highest BCUT2D eigenvalue weighted by molar-refractivity contribution is 9.10. The van der Waals surface area contributed by atoms with E-state index in [1.807, 2.05) is 24.3 Å². The predicted molar refractivity (Wildman–Crippen MR) is 85.1 cm³/mol. The summed E-state index contributed by atoms with van der Waals surface area (Å²) in [7, 11) is 1.57. The molecule has 0 saturated carbocycles. The molecular formula is C14H13BrN2O3S. The molecule has 0 aliphatic carbocycles. The van der Waals surface area contributed by atoms with Gasteiger partial charge in [-0.2, -0.15) is 4.37 Å². The number of carboxylic acids is 1. The van der Waals surface area contributed by atoms with E-state index >= 15 is 0 Å². The summed E-state index contributed by atoms with van der Waals surface area (Å²) in [6.45, 7) is 1.62. The van der Waals surface area contributed by atoms with Gasteiger partial charge in [-0.15, -0.1) is 0 Å². The third kappa shape index (κ3) is 3.48. The van der Waals surface area contributed by atoms with Crippen molar-refractivity contribution < 1.29 is 14.7 Å². The Hall–Kier alpha value is -1.73. The van der Waals surface area contributed by atoms with Crippen LogP contribution in [0.15, 0.2) is 28.7 Å². The van der Waals surface area contributed by atoms with Gasteiger partial charge < -0.3 is 10.0 Å². The van der Waals surface area contributed by atoms with Crippen molar-refractivity contribution in [3.8, 4) is 0 Å². The lowest BCUT2D eigenvalue weighted by atomic mass is 10.1. The minimum atomic E-state index is -1.07. The monoisotopic (exact) mass is 368 g/mol. The topological polar surface area (TPSA) is 70.5 Å². The van der Waals surface area contributed by atoms with Crippen LogP contribution in [-0.2, 0) is 11.2 Å². The van der Waals surface area contributed by atoms with E-state index in [0.717, 1.165) is 21.6 Å². The van der Waals surface area contributed by atoms with Crippen LogP contribution >= 0.6 is 27.5 Å². The highest BCUT2D eigenvalue weighted by atomic mass is 79.9. The van der Waals surface area contributed by atoms with Gasteiger partial charge in [-0.05, 0) is 36.2 Å². The number of halogens is 1. The zero-order chi connectivity index (χ0) is 15.6. The molecule has 0 atom stereocenters. The maximum Gasteiger partial charge on any atom is 0.340 e. The second-order valence-electron chi connectivity index (χ2n) is 4.51. The average molecular weight is 369 g/mol. The Labute approximate surface area is 134 Å². The molecule has 5 nitrogen and oxygen atoms in total. The maximum atomic E-state index is 12.3. The number of aromatic nitrogens is 1. The van der Waals surface area contributed by atoms with Crippen LogP contribution in [0.1, 0.15) is 21.6 Å². The Kier molecular flexibility index (Phi) is 4.74. The van der Waals surface area contributed by atoms with Crippen molar-refractivity contribution in [1.82, 2.24) is 4.37 Å². The molecule has 0 saturated heterocycles. The van der Waals surface area contributed by atoms with Crippen molar-refractivity contribution in [2.45, 2.75) is 13.3 Å². The van der Waals surface area contributed by atoms with E-state index < -0.39 is 5.97 Å². The number of amides is 1. The van der Waals surface area contributed by atoms with Gasteiger partial charge in [0.1, 0.15) is 10.6 Å². The lowest BCUT2D eigenvalue weighted by Gasteiger charge is -2.15. The lowest BCUT2D eigenvalue weighted by Crippen LogP contribution is -2.28. The quantitative estimate of drug-likeness (QED) is 0.899. The molecule has 0 bridgehead atoms. The second kappa shape index (κ2) is 6.36. The number of anilines is 1. The first-order valence-corrected chi connectivity index (χ1v) is 7.67. The fraction of sp³-hybridized carbons (Fsp3) is 0.214. The number of carbonyl (C=O) groups excluding carboxylic acids is 1. The fourth-order valence-corrected chi connectivity index (χ4v) is 2.97. The molecule has 1 N–H and O–H groups in total. The fourth-order valence-electron chi connectivity index (χ4n) is 1.84. The van der Waals surface area contributed by atoms with Gasteiger partial charge >= 0.3 is 5.97 Å². The second-order valence-corrected chi connectivity index (χ2v) is 6.18. The molecule has 1 heterocycles. The van der Waals surface area contributed by atoms with Gasteiger partial charge in [0.05, 0.1) is 12.1 Å². The van der Waals surface area contributed by atoms with Crippen LogP contribution in [-0.4, -0.2) is 28.4 Å². The SMILES string of the molecule is Cc1nsc(N(C)C(=O)Cc2ccc(Br)cc2)c1C(=O)O. The number of likely N-dealkylation sites (N-methyl/N-ethyl adjacent to an activating group) is 1. The Bertz CT molecular complexity index is 682. The van der Waals surface area contributed by atoms with Crippen LogP contribution in [0.4, 0.5) is 5.00 Å². The van der Waals surface area contributed by atoms with Crippen LogP contribution < -0.4 is 4.90 Å². The van der Waals surface area contributed by atoms with E-state index in [0.29, 0.717) is 10.7 Å². The first-order valence-electron chi connectivity index (χ1n) is 6.10. The number of benzene rings is 1. The molecule has 7 heteroatoms. The van der Waals surface area contributed by atoms with Crippen molar-refractivity contribution in [3.05, 3.63) is 45.6 Å². The lowest BCUT2D eigenvalue weighted by molar-refractivity contribution is -0.117. The molecule has 2 rings (SSSR count).